The summed E-state index contributed by atoms with van der Waals surface area (Å²) in [7, 11) is 3.86. The van der Waals surface area contributed by atoms with Crippen LogP contribution in [0.3, 0.4) is 0 Å². The molecule has 2 aliphatic rings. The number of ether oxygens (including phenoxy) is 1. The molecule has 0 radical (unpaired) electrons. The van der Waals surface area contributed by atoms with Crippen LogP contribution in [0.2, 0.25) is 0 Å². The quantitative estimate of drug-likeness (QED) is 0.106. The fourth-order valence-corrected chi connectivity index (χ4v) is 7.83. The molecule has 60 heavy (non-hydrogen) atoms. The van der Waals surface area contributed by atoms with Gasteiger partial charge in [-0.1, -0.05) is 26.0 Å². The summed E-state index contributed by atoms with van der Waals surface area (Å²) in [6, 6.07) is 20.6. The zero-order valence-electron chi connectivity index (χ0n) is 33.1. The molecule has 0 aliphatic heterocycles. The predicted octanol–water partition coefficient (Wildman–Crippen LogP) is 12.1. The largest absolute Gasteiger partial charge is 0.573 e. The van der Waals surface area contributed by atoms with E-state index in [4.69, 9.17) is 0 Å². The average molecular weight is 884 g/mol. The molecule has 310 valence electrons. The lowest BCUT2D eigenvalue weighted by atomic mass is 10.0. The summed E-state index contributed by atoms with van der Waals surface area (Å²) in [6.45, 7) is 4.00. The molecule has 9 rings (SSSR count). The number of halogens is 4. The number of carboxylic acid groups (broad SMARTS) is 2. The van der Waals surface area contributed by atoms with E-state index in [0.29, 0.717) is 28.9 Å². The van der Waals surface area contributed by atoms with Crippen LogP contribution in [0.5, 0.6) is 5.75 Å². The molecular weight excluding hydrogens is 841 g/mol. The molecule has 2 saturated carbocycles. The van der Waals surface area contributed by atoms with Crippen LogP contribution in [-0.2, 0) is 14.1 Å². The second-order valence-corrected chi connectivity index (χ2v) is 15.4. The summed E-state index contributed by atoms with van der Waals surface area (Å²) in [5, 5.41) is 27.4. The second kappa shape index (κ2) is 17.1. The molecular formula is C45H42BrF3N6O5. The van der Waals surface area contributed by atoms with Crippen molar-refractivity contribution in [3.63, 3.8) is 0 Å². The molecule has 2 aliphatic carbocycles. The average Bonchev–Trinajstić information content (AvgIpc) is 4.16. The first-order chi connectivity index (χ1) is 28.7. The van der Waals surface area contributed by atoms with E-state index in [9.17, 15) is 33.0 Å². The highest BCUT2D eigenvalue weighted by molar-refractivity contribution is 9.10. The maximum Gasteiger partial charge on any atom is 0.573 e. The van der Waals surface area contributed by atoms with Crippen molar-refractivity contribution >= 4 is 72.7 Å². The number of benzene rings is 3. The van der Waals surface area contributed by atoms with Gasteiger partial charge in [-0.25, -0.2) is 19.6 Å². The van der Waals surface area contributed by atoms with Gasteiger partial charge < -0.3 is 34.7 Å². The van der Waals surface area contributed by atoms with Gasteiger partial charge in [0.1, 0.15) is 28.5 Å². The van der Waals surface area contributed by atoms with Crippen molar-refractivity contribution < 1.29 is 37.7 Å². The first-order valence-corrected chi connectivity index (χ1v) is 20.2. The van der Waals surface area contributed by atoms with Crippen molar-refractivity contribution in [2.24, 2.45) is 14.1 Å². The second-order valence-electron chi connectivity index (χ2n) is 14.5. The standard InChI is InChI=1S/C25H20F3N3O3.C18H16BrN3O2.C2H6/c1-31-9-8-16-10-18(30-23-21(24(32)33)11-17(13-29-23)14-2-3-14)12-20(22(16)31)15-4-6-19(7-5-15)34-25(26,27)28;1-22-5-4-11-6-13(8-15(19)16(11)22)21-17-14(18(23)24)7-12(9-20-17)10-2-3-10;1-2/h4-14H,2-3H2,1H3,(H,29,30)(H,32,33);4-10H,2-3H2,1H3,(H,20,21)(H,23,24);1-2H3. The monoisotopic (exact) mass is 882 g/mol. The van der Waals surface area contributed by atoms with Gasteiger partial charge >= 0.3 is 18.3 Å². The van der Waals surface area contributed by atoms with E-state index in [1.807, 2.05) is 85.9 Å². The van der Waals surface area contributed by atoms with Gasteiger partial charge in [0.2, 0.25) is 0 Å². The first kappa shape index (κ1) is 41.8. The van der Waals surface area contributed by atoms with Gasteiger partial charge in [0.25, 0.3) is 0 Å². The molecule has 0 amide bonds. The van der Waals surface area contributed by atoms with Crippen LogP contribution in [0, 0.1) is 0 Å². The van der Waals surface area contributed by atoms with Gasteiger partial charge in [0.15, 0.2) is 0 Å². The van der Waals surface area contributed by atoms with Crippen LogP contribution in [-0.4, -0.2) is 47.6 Å². The van der Waals surface area contributed by atoms with Gasteiger partial charge in [-0.15, -0.1) is 13.2 Å². The Labute approximate surface area is 352 Å². The number of anilines is 4. The molecule has 0 bridgehead atoms. The van der Waals surface area contributed by atoms with Crippen LogP contribution in [0.25, 0.3) is 32.9 Å². The molecule has 0 saturated heterocycles. The van der Waals surface area contributed by atoms with E-state index in [1.165, 1.54) is 12.1 Å². The van der Waals surface area contributed by atoms with Gasteiger partial charge in [-0.2, -0.15) is 0 Å². The minimum absolute atomic E-state index is 0.0905. The number of aryl methyl sites for hydroxylation is 2. The fraction of sp³-hybridized carbons (Fsp3) is 0.244. The van der Waals surface area contributed by atoms with Crippen molar-refractivity contribution in [3.05, 3.63) is 124 Å². The Bertz CT molecular complexity index is 2720. The third-order valence-corrected chi connectivity index (χ3v) is 10.8. The molecule has 4 heterocycles. The minimum atomic E-state index is -4.76. The molecule has 0 spiro atoms. The normalized spacial score (nSPS) is 13.5. The minimum Gasteiger partial charge on any atom is -0.478 e. The SMILES string of the molecule is CC.Cn1ccc2cc(Nc3ncc(C4CC4)cc3C(=O)O)cc(-c3ccc(OC(F)(F)F)cc3)c21.Cn1ccc2cc(Nc3ncc(C4CC4)cc3C(=O)O)cc(Br)c21. The molecule has 4 aromatic heterocycles. The maximum absolute atomic E-state index is 12.5. The maximum atomic E-state index is 12.5. The van der Waals surface area contributed by atoms with Crippen molar-refractivity contribution in [1.29, 1.82) is 0 Å². The number of aromatic nitrogens is 4. The Morgan fingerprint density at radius 3 is 1.65 bits per heavy atom. The molecule has 11 nitrogen and oxygen atoms in total. The molecule has 0 unspecified atom stereocenters. The topological polar surface area (TPSA) is 144 Å². The number of pyridine rings is 2. The molecule has 7 aromatic rings. The van der Waals surface area contributed by atoms with Crippen LogP contribution in [0.1, 0.15) is 83.2 Å². The van der Waals surface area contributed by atoms with E-state index >= 15 is 0 Å². The Morgan fingerprint density at radius 2 is 1.18 bits per heavy atom. The van der Waals surface area contributed by atoms with E-state index < -0.39 is 18.3 Å². The van der Waals surface area contributed by atoms with E-state index in [1.54, 1.807) is 36.7 Å². The van der Waals surface area contributed by atoms with Crippen molar-refractivity contribution in [2.45, 2.75) is 57.7 Å². The van der Waals surface area contributed by atoms with E-state index in [-0.39, 0.29) is 22.7 Å². The lowest BCUT2D eigenvalue weighted by Crippen LogP contribution is -2.16. The van der Waals surface area contributed by atoms with Crippen LogP contribution in [0.4, 0.5) is 36.2 Å². The number of hydrogen-bond acceptors (Lipinski definition) is 7. The first-order valence-electron chi connectivity index (χ1n) is 19.4. The zero-order valence-corrected chi connectivity index (χ0v) is 34.7. The summed E-state index contributed by atoms with van der Waals surface area (Å²) in [5.41, 5.74) is 7.06. The van der Waals surface area contributed by atoms with Crippen LogP contribution >= 0.6 is 15.9 Å². The number of carbonyl (C=O) groups is 2. The predicted molar refractivity (Wildman–Crippen MR) is 230 cm³/mol. The smallest absolute Gasteiger partial charge is 0.478 e. The number of hydrogen-bond donors (Lipinski definition) is 4. The summed E-state index contributed by atoms with van der Waals surface area (Å²) < 4.78 is 46.4. The van der Waals surface area contributed by atoms with Gasteiger partial charge in [-0.05, 0) is 131 Å². The van der Waals surface area contributed by atoms with Crippen molar-refractivity contribution in [2.75, 3.05) is 10.6 Å². The summed E-state index contributed by atoms with van der Waals surface area (Å²) in [5.74, 6) is -0.900. The number of rotatable bonds is 10. The highest BCUT2D eigenvalue weighted by atomic mass is 79.9. The summed E-state index contributed by atoms with van der Waals surface area (Å²) in [4.78, 5) is 32.2. The number of nitrogens with one attached hydrogen (secondary N) is 2. The number of carboxylic acids is 2. The number of alkyl halides is 3. The summed E-state index contributed by atoms with van der Waals surface area (Å²) >= 11 is 3.58. The number of nitrogens with zero attached hydrogens (tertiary/aromatic N) is 4. The van der Waals surface area contributed by atoms with Gasteiger partial charge in [-0.3, -0.25) is 0 Å². The molecule has 4 N–H and O–H groups in total. The summed E-state index contributed by atoms with van der Waals surface area (Å²) in [6.07, 6.45) is 6.89. The van der Waals surface area contributed by atoms with E-state index in [0.717, 1.165) is 74.3 Å². The number of fused-ring (bicyclic) bond motifs is 2. The highest BCUT2D eigenvalue weighted by Crippen LogP contribution is 2.42. The molecule has 0 atom stereocenters. The third-order valence-electron chi connectivity index (χ3n) is 10.2. The Balaban J connectivity index is 0.000000184. The molecule has 2 fully saturated rings. The van der Waals surface area contributed by atoms with Gasteiger partial charge in [0.05, 0.1) is 11.0 Å². The highest BCUT2D eigenvalue weighted by Gasteiger charge is 2.31. The molecule has 15 heteroatoms. The Hall–Kier alpha value is -6.35. The van der Waals surface area contributed by atoms with Crippen molar-refractivity contribution in [3.8, 4) is 16.9 Å². The van der Waals surface area contributed by atoms with Crippen molar-refractivity contribution in [1.82, 2.24) is 19.1 Å². The van der Waals surface area contributed by atoms with Crippen LogP contribution in [0.15, 0.2) is 102 Å². The van der Waals surface area contributed by atoms with E-state index in [2.05, 4.69) is 41.3 Å². The number of aromatic carboxylic acids is 2. The third kappa shape index (κ3) is 9.41. The zero-order chi connectivity index (χ0) is 42.9. The lowest BCUT2D eigenvalue weighted by molar-refractivity contribution is -0.274. The van der Waals surface area contributed by atoms with Crippen LogP contribution < -0.4 is 15.4 Å². The lowest BCUT2D eigenvalue weighted by Gasteiger charge is -2.14. The Kier molecular flexibility index (Phi) is 11.9. The Morgan fingerprint density at radius 1 is 0.717 bits per heavy atom. The fourth-order valence-electron chi connectivity index (χ4n) is 7.07. The molecule has 3 aromatic carbocycles. The van der Waals surface area contributed by atoms with Gasteiger partial charge in [0, 0.05) is 71.1 Å².